The van der Waals surface area contributed by atoms with Gasteiger partial charge >= 0.3 is 11.9 Å². The third kappa shape index (κ3) is 3.22. The predicted molar refractivity (Wildman–Crippen MR) is 67.8 cm³/mol. The predicted octanol–water partition coefficient (Wildman–Crippen LogP) is -0.314. The van der Waals surface area contributed by atoms with Crippen LogP contribution in [0.3, 0.4) is 0 Å². The number of carbonyl (C=O) groups is 3. The molecule has 1 N–H and O–H groups in total. The van der Waals surface area contributed by atoms with Crippen LogP contribution in [0.15, 0.2) is 12.3 Å². The van der Waals surface area contributed by atoms with Crippen molar-refractivity contribution in [1.29, 1.82) is 0 Å². The molecule has 1 heterocycles. The van der Waals surface area contributed by atoms with Crippen molar-refractivity contribution < 1.29 is 38.4 Å². The Hall–Kier alpha value is -1.93. The largest absolute Gasteiger partial charge is 0.462 e. The Morgan fingerprint density at radius 1 is 1.19 bits per heavy atom. The zero-order chi connectivity index (χ0) is 16.4. The topological polar surface area (TPSA) is 108 Å². The van der Waals surface area contributed by atoms with Crippen LogP contribution in [0.2, 0.25) is 0 Å². The fourth-order valence-electron chi connectivity index (χ4n) is 2.06. The summed E-state index contributed by atoms with van der Waals surface area (Å²) >= 11 is 0. The molecular weight excluding hydrogens is 284 g/mol. The van der Waals surface area contributed by atoms with E-state index in [1.165, 1.54) is 7.11 Å². The number of rotatable bonds is 4. The Labute approximate surface area is 121 Å². The zero-order valence-corrected chi connectivity index (χ0v) is 12.2. The molecule has 1 rings (SSSR count). The summed E-state index contributed by atoms with van der Waals surface area (Å²) in [5, 5.41) is 10.5. The van der Waals surface area contributed by atoms with Crippen molar-refractivity contribution in [1.82, 2.24) is 0 Å². The molecule has 0 unspecified atom stereocenters. The van der Waals surface area contributed by atoms with Gasteiger partial charge in [0.25, 0.3) is 0 Å². The Kier molecular flexibility index (Phi) is 5.08. The smallest absolute Gasteiger partial charge is 0.303 e. The van der Waals surface area contributed by atoms with Crippen LogP contribution in [0.1, 0.15) is 20.8 Å². The van der Waals surface area contributed by atoms with E-state index in [1.54, 1.807) is 0 Å². The molecule has 4 atom stereocenters. The first kappa shape index (κ1) is 17.1. The fourth-order valence-corrected chi connectivity index (χ4v) is 2.06. The van der Waals surface area contributed by atoms with Gasteiger partial charge in [-0.1, -0.05) is 6.58 Å². The monoisotopic (exact) mass is 302 g/mol. The molecule has 1 saturated heterocycles. The summed E-state index contributed by atoms with van der Waals surface area (Å²) in [6, 6.07) is 0. The fraction of sp³-hybridized carbons (Fsp3) is 0.615. The number of carbonyl (C=O) groups excluding carboxylic acids is 3. The molecule has 1 fully saturated rings. The number of ether oxygens (including phenoxy) is 4. The lowest BCUT2D eigenvalue weighted by molar-refractivity contribution is -0.267. The number of esters is 2. The second-order valence-electron chi connectivity index (χ2n) is 4.57. The quantitative estimate of drug-likeness (QED) is 0.704. The molecular formula is C13H18O8. The normalized spacial score (nSPS) is 32.0. The summed E-state index contributed by atoms with van der Waals surface area (Å²) < 4.78 is 20.1. The van der Waals surface area contributed by atoms with Gasteiger partial charge in [0, 0.05) is 21.0 Å². The third-order valence-electron chi connectivity index (χ3n) is 3.03. The summed E-state index contributed by atoms with van der Waals surface area (Å²) in [6.45, 7) is 6.73. The van der Waals surface area contributed by atoms with Gasteiger partial charge in [-0.3, -0.25) is 14.4 Å². The molecule has 0 aromatic carbocycles. The maximum absolute atomic E-state index is 11.8. The SMILES string of the molecule is C=C1O[C@@H](OC)[C@H](OC(C)=O)[C@@H](OC(C)=O)[C@@]1(O)C(C)=O. The average molecular weight is 302 g/mol. The highest BCUT2D eigenvalue weighted by Gasteiger charge is 2.59. The number of ketones is 1. The Morgan fingerprint density at radius 2 is 1.71 bits per heavy atom. The molecule has 0 aromatic heterocycles. The van der Waals surface area contributed by atoms with Gasteiger partial charge in [-0.05, 0) is 6.92 Å². The molecule has 8 heteroatoms. The summed E-state index contributed by atoms with van der Waals surface area (Å²) in [6.07, 6.45) is -4.02. The molecule has 21 heavy (non-hydrogen) atoms. The molecule has 0 spiro atoms. The number of methoxy groups -OCH3 is 1. The van der Waals surface area contributed by atoms with E-state index in [0.717, 1.165) is 20.8 Å². The van der Waals surface area contributed by atoms with Gasteiger partial charge in [-0.15, -0.1) is 0 Å². The lowest BCUT2D eigenvalue weighted by Crippen LogP contribution is -2.65. The van der Waals surface area contributed by atoms with Gasteiger partial charge in [-0.25, -0.2) is 0 Å². The second-order valence-corrected chi connectivity index (χ2v) is 4.57. The molecule has 0 amide bonds. The lowest BCUT2D eigenvalue weighted by Gasteiger charge is -2.45. The minimum atomic E-state index is -2.33. The molecule has 1 aliphatic rings. The van der Waals surface area contributed by atoms with Gasteiger partial charge in [0.15, 0.2) is 11.9 Å². The number of Topliss-reactive ketones (excluding diaryl/α,β-unsaturated/α-hetero) is 1. The highest BCUT2D eigenvalue weighted by molar-refractivity contribution is 5.89. The molecule has 118 valence electrons. The van der Waals surface area contributed by atoms with E-state index in [2.05, 4.69) is 6.58 Å². The molecule has 0 saturated carbocycles. The second kappa shape index (κ2) is 6.23. The summed E-state index contributed by atoms with van der Waals surface area (Å²) in [4.78, 5) is 34.2. The van der Waals surface area contributed by atoms with Crippen molar-refractivity contribution in [3.63, 3.8) is 0 Å². The van der Waals surface area contributed by atoms with Crippen molar-refractivity contribution >= 4 is 17.7 Å². The first-order chi connectivity index (χ1) is 9.64. The van der Waals surface area contributed by atoms with Gasteiger partial charge in [-0.2, -0.15) is 0 Å². The first-order valence-corrected chi connectivity index (χ1v) is 6.11. The van der Waals surface area contributed by atoms with Gasteiger partial charge in [0.1, 0.15) is 5.76 Å². The summed E-state index contributed by atoms with van der Waals surface area (Å²) in [5.41, 5.74) is -2.33. The van der Waals surface area contributed by atoms with Crippen molar-refractivity contribution in [3.8, 4) is 0 Å². The van der Waals surface area contributed by atoms with Crippen LogP contribution in [0, 0.1) is 0 Å². The lowest BCUT2D eigenvalue weighted by atomic mass is 9.84. The molecule has 0 aliphatic carbocycles. The minimum Gasteiger partial charge on any atom is -0.462 e. The first-order valence-electron chi connectivity index (χ1n) is 6.11. The zero-order valence-electron chi connectivity index (χ0n) is 12.2. The molecule has 1 aliphatic heterocycles. The number of aliphatic hydroxyl groups is 1. The van der Waals surface area contributed by atoms with E-state index in [4.69, 9.17) is 18.9 Å². The average Bonchev–Trinajstić information content (AvgIpc) is 2.36. The summed E-state index contributed by atoms with van der Waals surface area (Å²) in [7, 11) is 1.26. The number of hydrogen-bond acceptors (Lipinski definition) is 8. The van der Waals surface area contributed by atoms with E-state index >= 15 is 0 Å². The van der Waals surface area contributed by atoms with E-state index in [9.17, 15) is 19.5 Å². The van der Waals surface area contributed by atoms with Gasteiger partial charge < -0.3 is 24.1 Å². The molecule has 8 nitrogen and oxygen atoms in total. The summed E-state index contributed by atoms with van der Waals surface area (Å²) in [5.74, 6) is -2.62. The van der Waals surface area contributed by atoms with Gasteiger partial charge in [0.2, 0.25) is 18.0 Å². The van der Waals surface area contributed by atoms with Crippen LogP contribution >= 0.6 is 0 Å². The standard InChI is InChI=1S/C13H18O8/c1-6(14)13(17)7(2)19-12(18-5)10(20-8(3)15)11(13)21-9(4)16/h10-12,17H,2H2,1,3-5H3/t10-,11-,12-,13-/m1/s1. The van der Waals surface area contributed by atoms with Crippen molar-refractivity contribution in [3.05, 3.63) is 12.3 Å². The highest BCUT2D eigenvalue weighted by Crippen LogP contribution is 2.36. The van der Waals surface area contributed by atoms with E-state index in [-0.39, 0.29) is 5.76 Å². The minimum absolute atomic E-state index is 0.350. The van der Waals surface area contributed by atoms with E-state index in [0.29, 0.717) is 0 Å². The van der Waals surface area contributed by atoms with Gasteiger partial charge in [0.05, 0.1) is 0 Å². The highest BCUT2D eigenvalue weighted by atomic mass is 16.7. The van der Waals surface area contributed by atoms with Crippen LogP contribution in [-0.4, -0.2) is 54.0 Å². The Balaban J connectivity index is 3.31. The van der Waals surface area contributed by atoms with Crippen LogP contribution < -0.4 is 0 Å². The van der Waals surface area contributed by atoms with Crippen LogP contribution in [0.4, 0.5) is 0 Å². The van der Waals surface area contributed by atoms with Crippen LogP contribution in [0.5, 0.6) is 0 Å². The van der Waals surface area contributed by atoms with E-state index in [1.807, 2.05) is 0 Å². The molecule has 0 radical (unpaired) electrons. The van der Waals surface area contributed by atoms with E-state index < -0.39 is 41.8 Å². The Bertz CT molecular complexity index is 471. The Morgan fingerprint density at radius 3 is 2.10 bits per heavy atom. The van der Waals surface area contributed by atoms with Crippen molar-refractivity contribution in [2.75, 3.05) is 7.11 Å². The van der Waals surface area contributed by atoms with Crippen molar-refractivity contribution in [2.45, 2.75) is 44.9 Å². The maximum atomic E-state index is 11.8. The molecule has 0 aromatic rings. The van der Waals surface area contributed by atoms with Crippen LogP contribution in [0.25, 0.3) is 0 Å². The van der Waals surface area contributed by atoms with Crippen molar-refractivity contribution in [2.24, 2.45) is 0 Å². The van der Waals surface area contributed by atoms with Crippen LogP contribution in [-0.2, 0) is 33.3 Å². The third-order valence-corrected chi connectivity index (χ3v) is 3.03. The maximum Gasteiger partial charge on any atom is 0.303 e. The molecule has 0 bridgehead atoms. The number of hydrogen-bond donors (Lipinski definition) is 1.